The van der Waals surface area contributed by atoms with Crippen LogP contribution in [0.4, 0.5) is 14.7 Å². The number of aromatic nitrogens is 4. The van der Waals surface area contributed by atoms with Crippen LogP contribution in [0.2, 0.25) is 0 Å². The fraction of sp³-hybridized carbons (Fsp3) is 0.208. The number of alkyl halides is 1. The zero-order chi connectivity index (χ0) is 22.0. The van der Waals surface area contributed by atoms with Crippen LogP contribution in [-0.4, -0.2) is 19.5 Å². The monoisotopic (exact) mass is 419 g/mol. The summed E-state index contributed by atoms with van der Waals surface area (Å²) in [5, 5.41) is 3.29. The predicted molar refractivity (Wildman–Crippen MR) is 118 cm³/mol. The van der Waals surface area contributed by atoms with Gasteiger partial charge in [0.25, 0.3) is 0 Å². The zero-order valence-electron chi connectivity index (χ0n) is 17.6. The van der Waals surface area contributed by atoms with Crippen molar-refractivity contribution in [1.29, 1.82) is 0 Å². The minimum absolute atomic E-state index is 0.0180. The van der Waals surface area contributed by atoms with Gasteiger partial charge in [0.2, 0.25) is 5.95 Å². The van der Waals surface area contributed by atoms with Crippen LogP contribution in [0, 0.1) is 5.82 Å². The predicted octanol–water partition coefficient (Wildman–Crippen LogP) is 5.98. The van der Waals surface area contributed by atoms with Crippen molar-refractivity contribution in [2.45, 2.75) is 32.6 Å². The number of hydrogen-bond donors (Lipinski definition) is 1. The molecule has 2 aromatic heterocycles. The van der Waals surface area contributed by atoms with Gasteiger partial charge in [0.1, 0.15) is 5.82 Å². The van der Waals surface area contributed by atoms with Crippen LogP contribution in [0.1, 0.15) is 32.4 Å². The first-order valence-electron chi connectivity index (χ1n) is 10.0. The molecule has 5 nitrogen and oxygen atoms in total. The minimum Gasteiger partial charge on any atom is -0.348 e. The Bertz CT molecular complexity index is 1160. The molecule has 1 atom stereocenters. The summed E-state index contributed by atoms with van der Waals surface area (Å²) in [6, 6.07) is 17.6. The first-order valence-corrected chi connectivity index (χ1v) is 10.0. The smallest absolute Gasteiger partial charge is 0.223 e. The second-order valence-corrected chi connectivity index (χ2v) is 7.77. The highest BCUT2D eigenvalue weighted by Gasteiger charge is 2.26. The third kappa shape index (κ3) is 4.45. The molecule has 4 aromatic rings. The van der Waals surface area contributed by atoms with Crippen LogP contribution in [-0.2, 0) is 5.79 Å². The summed E-state index contributed by atoms with van der Waals surface area (Å²) in [7, 11) is 0. The summed E-state index contributed by atoms with van der Waals surface area (Å²) >= 11 is 0. The van der Waals surface area contributed by atoms with E-state index in [0.29, 0.717) is 28.6 Å². The van der Waals surface area contributed by atoms with E-state index in [4.69, 9.17) is 0 Å². The Balaban J connectivity index is 1.76. The molecule has 0 aliphatic rings. The standard InChI is InChI=1S/C24H23F2N5/c1-16(17-7-5-4-6-8-17)29-23-27-14-13-20(30-23)22-21(18-9-11-19(25)12-10-18)28-15-31(22)24(2,3)26/h4-16H,1-3H3,(H,27,29,30)/t16-/m1/s1. The number of rotatable bonds is 6. The van der Waals surface area contributed by atoms with Crippen LogP contribution in [0.15, 0.2) is 73.2 Å². The summed E-state index contributed by atoms with van der Waals surface area (Å²) in [5.41, 5.74) is 3.30. The fourth-order valence-electron chi connectivity index (χ4n) is 3.39. The van der Waals surface area contributed by atoms with Gasteiger partial charge < -0.3 is 5.32 Å². The van der Waals surface area contributed by atoms with Gasteiger partial charge in [-0.1, -0.05) is 30.3 Å². The van der Waals surface area contributed by atoms with E-state index in [1.807, 2.05) is 37.3 Å². The topological polar surface area (TPSA) is 55.6 Å². The second kappa shape index (κ2) is 8.26. The summed E-state index contributed by atoms with van der Waals surface area (Å²) in [6.07, 6.45) is 3.06. The normalized spacial score (nSPS) is 12.5. The molecule has 0 spiro atoms. The first-order chi connectivity index (χ1) is 14.8. The van der Waals surface area contributed by atoms with E-state index in [-0.39, 0.29) is 11.9 Å². The molecular weight excluding hydrogens is 396 g/mol. The fourth-order valence-corrected chi connectivity index (χ4v) is 3.39. The van der Waals surface area contributed by atoms with Crippen molar-refractivity contribution in [2.75, 3.05) is 5.32 Å². The highest BCUT2D eigenvalue weighted by atomic mass is 19.1. The molecule has 0 saturated carbocycles. The maximum atomic E-state index is 15.0. The van der Waals surface area contributed by atoms with E-state index in [1.165, 1.54) is 36.9 Å². The molecule has 0 saturated heterocycles. The lowest BCUT2D eigenvalue weighted by Crippen LogP contribution is -2.20. The molecule has 2 heterocycles. The Kier molecular flexibility index (Phi) is 5.50. The van der Waals surface area contributed by atoms with Gasteiger partial charge in [0, 0.05) is 11.8 Å². The lowest BCUT2D eigenvalue weighted by molar-refractivity contribution is 0.122. The summed E-state index contributed by atoms with van der Waals surface area (Å²) in [4.78, 5) is 13.4. The highest BCUT2D eigenvalue weighted by molar-refractivity contribution is 5.77. The molecule has 0 radical (unpaired) electrons. The first kappa shape index (κ1) is 20.7. The number of halogens is 2. The molecule has 0 aliphatic carbocycles. The summed E-state index contributed by atoms with van der Waals surface area (Å²) in [6.45, 7) is 4.92. The molecule has 7 heteroatoms. The van der Waals surface area contributed by atoms with Crippen LogP contribution >= 0.6 is 0 Å². The maximum Gasteiger partial charge on any atom is 0.223 e. The van der Waals surface area contributed by atoms with Crippen LogP contribution in [0.5, 0.6) is 0 Å². The number of benzene rings is 2. The largest absolute Gasteiger partial charge is 0.348 e. The Hall–Kier alpha value is -3.61. The lowest BCUT2D eigenvalue weighted by Gasteiger charge is -2.20. The van der Waals surface area contributed by atoms with E-state index in [0.717, 1.165) is 5.56 Å². The Morgan fingerprint density at radius 1 is 0.968 bits per heavy atom. The molecule has 1 N–H and O–H groups in total. The van der Waals surface area contributed by atoms with E-state index >= 15 is 0 Å². The van der Waals surface area contributed by atoms with Crippen molar-refractivity contribution in [3.05, 3.63) is 84.6 Å². The molecular formula is C24H23F2N5. The van der Waals surface area contributed by atoms with Crippen molar-refractivity contribution in [3.63, 3.8) is 0 Å². The average molecular weight is 419 g/mol. The number of nitrogens with zero attached hydrogens (tertiary/aromatic N) is 4. The van der Waals surface area contributed by atoms with Gasteiger partial charge >= 0.3 is 0 Å². The van der Waals surface area contributed by atoms with E-state index < -0.39 is 5.79 Å². The van der Waals surface area contributed by atoms with Crippen LogP contribution in [0.3, 0.4) is 0 Å². The van der Waals surface area contributed by atoms with Crippen LogP contribution in [0.25, 0.3) is 22.6 Å². The van der Waals surface area contributed by atoms with Crippen molar-refractivity contribution >= 4 is 5.95 Å². The van der Waals surface area contributed by atoms with Gasteiger partial charge in [-0.2, -0.15) is 0 Å². The van der Waals surface area contributed by atoms with E-state index in [2.05, 4.69) is 20.3 Å². The number of nitrogens with one attached hydrogen (secondary N) is 1. The molecule has 4 rings (SSSR count). The number of anilines is 1. The third-order valence-electron chi connectivity index (χ3n) is 5.00. The SMILES string of the molecule is C[C@@H](Nc1nccc(-c2c(-c3ccc(F)cc3)ncn2C(C)(C)F)n1)c1ccccc1. The molecule has 0 aliphatic heterocycles. The number of imidazole rings is 1. The van der Waals surface area contributed by atoms with Crippen molar-refractivity contribution in [1.82, 2.24) is 19.5 Å². The van der Waals surface area contributed by atoms with Gasteiger partial charge in [-0.25, -0.2) is 23.7 Å². The Morgan fingerprint density at radius 2 is 1.68 bits per heavy atom. The van der Waals surface area contributed by atoms with Gasteiger partial charge in [0.05, 0.1) is 29.5 Å². The minimum atomic E-state index is -1.71. The molecule has 2 aromatic carbocycles. The third-order valence-corrected chi connectivity index (χ3v) is 5.00. The van der Waals surface area contributed by atoms with E-state index in [9.17, 15) is 8.78 Å². The average Bonchev–Trinajstić information content (AvgIpc) is 3.21. The summed E-state index contributed by atoms with van der Waals surface area (Å²) < 4.78 is 29.8. The zero-order valence-corrected chi connectivity index (χ0v) is 17.6. The number of hydrogen-bond acceptors (Lipinski definition) is 4. The molecule has 0 unspecified atom stereocenters. The molecule has 0 bridgehead atoms. The van der Waals surface area contributed by atoms with Gasteiger partial charge in [-0.15, -0.1) is 0 Å². The van der Waals surface area contributed by atoms with Gasteiger partial charge in [0.15, 0.2) is 5.79 Å². The lowest BCUT2D eigenvalue weighted by atomic mass is 10.1. The Morgan fingerprint density at radius 3 is 2.35 bits per heavy atom. The molecule has 0 fully saturated rings. The van der Waals surface area contributed by atoms with E-state index in [1.54, 1.807) is 24.4 Å². The Labute approximate surface area is 179 Å². The van der Waals surface area contributed by atoms with Crippen molar-refractivity contribution < 1.29 is 8.78 Å². The highest BCUT2D eigenvalue weighted by Crippen LogP contribution is 2.35. The van der Waals surface area contributed by atoms with Crippen LogP contribution < -0.4 is 5.32 Å². The summed E-state index contributed by atoms with van der Waals surface area (Å²) in [5.74, 6) is -1.64. The van der Waals surface area contributed by atoms with Gasteiger partial charge in [-0.3, -0.25) is 4.57 Å². The van der Waals surface area contributed by atoms with Crippen molar-refractivity contribution in [3.8, 4) is 22.6 Å². The van der Waals surface area contributed by atoms with Crippen molar-refractivity contribution in [2.24, 2.45) is 0 Å². The quantitative estimate of drug-likeness (QED) is 0.418. The molecule has 158 valence electrons. The second-order valence-electron chi connectivity index (χ2n) is 7.77. The molecule has 31 heavy (non-hydrogen) atoms. The molecule has 0 amide bonds. The maximum absolute atomic E-state index is 15.0. The van der Waals surface area contributed by atoms with Gasteiger partial charge in [-0.05, 0) is 56.7 Å².